The van der Waals surface area contributed by atoms with E-state index in [4.69, 9.17) is 46.4 Å². The first-order valence-electron chi connectivity index (χ1n) is 12.4. The zero-order valence-electron chi connectivity index (χ0n) is 22.1. The molecule has 0 aliphatic carbocycles. The van der Waals surface area contributed by atoms with Crippen molar-refractivity contribution in [3.05, 3.63) is 92.4 Å². The minimum Gasteiger partial charge on any atom is -0.352 e. The molecule has 40 heavy (non-hydrogen) atoms. The number of nitrogens with one attached hydrogen (secondary N) is 1. The summed E-state index contributed by atoms with van der Waals surface area (Å²) in [6, 6.07) is 15.8. The topological polar surface area (TPSA) is 86.8 Å². The van der Waals surface area contributed by atoms with Crippen molar-refractivity contribution in [1.29, 1.82) is 0 Å². The maximum atomic E-state index is 13.9. The Kier molecular flexibility index (Phi) is 11.1. The van der Waals surface area contributed by atoms with Crippen LogP contribution in [0.5, 0.6) is 0 Å². The van der Waals surface area contributed by atoms with Crippen LogP contribution in [-0.2, 0) is 26.2 Å². The second-order valence-electron chi connectivity index (χ2n) is 9.19. The second-order valence-corrected chi connectivity index (χ2v) is 12.7. The highest BCUT2D eigenvalue weighted by Crippen LogP contribution is 2.31. The molecule has 0 saturated heterocycles. The Bertz CT molecular complexity index is 1470. The molecule has 2 amide bonds. The molecule has 0 bridgehead atoms. The van der Waals surface area contributed by atoms with Gasteiger partial charge >= 0.3 is 0 Å². The number of halogens is 4. The van der Waals surface area contributed by atoms with Crippen LogP contribution in [0.2, 0.25) is 20.1 Å². The lowest BCUT2D eigenvalue weighted by atomic mass is 10.1. The van der Waals surface area contributed by atoms with E-state index >= 15 is 0 Å². The van der Waals surface area contributed by atoms with Crippen molar-refractivity contribution >= 4 is 73.9 Å². The first kappa shape index (κ1) is 32.0. The molecule has 2 atom stereocenters. The summed E-state index contributed by atoms with van der Waals surface area (Å²) < 4.78 is 28.5. The molecule has 7 nitrogen and oxygen atoms in total. The van der Waals surface area contributed by atoms with Gasteiger partial charge < -0.3 is 10.2 Å². The lowest BCUT2D eigenvalue weighted by molar-refractivity contribution is -0.139. The molecule has 1 N–H and O–H groups in total. The number of nitrogens with zero attached hydrogens (tertiary/aromatic N) is 2. The Morgan fingerprint density at radius 2 is 1.45 bits per heavy atom. The van der Waals surface area contributed by atoms with Gasteiger partial charge in [-0.25, -0.2) is 8.42 Å². The number of sulfonamides is 1. The highest BCUT2D eigenvalue weighted by atomic mass is 35.5. The number of rotatable bonds is 11. The van der Waals surface area contributed by atoms with E-state index in [1.165, 1.54) is 35.2 Å². The van der Waals surface area contributed by atoms with Crippen LogP contribution < -0.4 is 9.62 Å². The monoisotopic (exact) mass is 643 g/mol. The molecule has 214 valence electrons. The van der Waals surface area contributed by atoms with Gasteiger partial charge in [-0.15, -0.1) is 0 Å². The van der Waals surface area contributed by atoms with Gasteiger partial charge in [0.05, 0.1) is 30.7 Å². The van der Waals surface area contributed by atoms with Crippen molar-refractivity contribution in [2.45, 2.75) is 50.7 Å². The molecule has 12 heteroatoms. The molecule has 0 aromatic heterocycles. The van der Waals surface area contributed by atoms with Crippen molar-refractivity contribution in [2.75, 3.05) is 10.8 Å². The maximum absolute atomic E-state index is 13.9. The Morgan fingerprint density at radius 1 is 0.850 bits per heavy atom. The van der Waals surface area contributed by atoms with E-state index in [0.29, 0.717) is 17.0 Å². The second kappa shape index (κ2) is 13.9. The third-order valence-corrected chi connectivity index (χ3v) is 9.57. The molecule has 3 aromatic rings. The van der Waals surface area contributed by atoms with Gasteiger partial charge in [0.15, 0.2) is 0 Å². The molecule has 0 unspecified atom stereocenters. The Labute approximate surface area is 255 Å². The van der Waals surface area contributed by atoms with Crippen LogP contribution in [0.3, 0.4) is 0 Å². The van der Waals surface area contributed by atoms with E-state index in [9.17, 15) is 18.0 Å². The number of anilines is 1. The molecular formula is C28H29Cl4N3O4S. The standard InChI is InChI=1S/C28H29Cl4N3O4S/c1-4-18(2)33-28(37)19(3)34(16-20-10-12-23(29)25(31)14-20)27(36)17-35(21-11-13-24(30)26(32)15-21)40(38,39)22-8-6-5-7-9-22/h5-15,18-19H,4,16-17H2,1-3H3,(H,33,37)/t18-,19-/m0/s1. The molecule has 0 aliphatic heterocycles. The van der Waals surface area contributed by atoms with Crippen molar-refractivity contribution in [3.8, 4) is 0 Å². The largest absolute Gasteiger partial charge is 0.352 e. The quantitative estimate of drug-likeness (QED) is 0.248. The van der Waals surface area contributed by atoms with Gasteiger partial charge in [-0.1, -0.05) is 77.6 Å². The van der Waals surface area contributed by atoms with Gasteiger partial charge in [0.25, 0.3) is 10.0 Å². The van der Waals surface area contributed by atoms with Gasteiger partial charge in [-0.3, -0.25) is 13.9 Å². The smallest absolute Gasteiger partial charge is 0.264 e. The van der Waals surface area contributed by atoms with Crippen molar-refractivity contribution in [3.63, 3.8) is 0 Å². The van der Waals surface area contributed by atoms with Crippen LogP contribution in [0.25, 0.3) is 0 Å². The van der Waals surface area contributed by atoms with Crippen molar-refractivity contribution in [1.82, 2.24) is 10.2 Å². The predicted octanol–water partition coefficient (Wildman–Crippen LogP) is 6.83. The van der Waals surface area contributed by atoms with E-state index in [0.717, 1.165) is 4.31 Å². The van der Waals surface area contributed by atoms with Gasteiger partial charge in [0, 0.05) is 12.6 Å². The molecule has 3 rings (SSSR count). The van der Waals surface area contributed by atoms with Crippen LogP contribution in [0.15, 0.2) is 71.6 Å². The van der Waals surface area contributed by atoms with Gasteiger partial charge in [-0.05, 0) is 68.3 Å². The third kappa shape index (κ3) is 7.83. The van der Waals surface area contributed by atoms with Crippen LogP contribution in [0, 0.1) is 0 Å². The number of carbonyl (C=O) groups excluding carboxylic acids is 2. The Balaban J connectivity index is 2.05. The highest BCUT2D eigenvalue weighted by molar-refractivity contribution is 7.92. The minimum atomic E-state index is -4.22. The fourth-order valence-corrected chi connectivity index (χ4v) is 5.81. The SMILES string of the molecule is CC[C@H](C)NC(=O)[C@H](C)N(Cc1ccc(Cl)c(Cl)c1)C(=O)CN(c1ccc(Cl)c(Cl)c1)S(=O)(=O)c1ccccc1. The van der Waals surface area contributed by atoms with E-state index in [-0.39, 0.29) is 44.1 Å². The first-order chi connectivity index (χ1) is 18.8. The Hall–Kier alpha value is -2.49. The molecular weight excluding hydrogens is 616 g/mol. The molecule has 0 heterocycles. The fourth-order valence-electron chi connectivity index (χ4n) is 3.77. The summed E-state index contributed by atoms with van der Waals surface area (Å²) in [6.45, 7) is 4.73. The normalized spacial score (nSPS) is 12.9. The minimum absolute atomic E-state index is 0.0209. The summed E-state index contributed by atoms with van der Waals surface area (Å²) in [5.41, 5.74) is 0.746. The van der Waals surface area contributed by atoms with Gasteiger partial charge in [0.1, 0.15) is 12.6 Å². The summed E-state index contributed by atoms with van der Waals surface area (Å²) >= 11 is 24.6. The molecule has 0 aliphatic rings. The van der Waals surface area contributed by atoms with Gasteiger partial charge in [-0.2, -0.15) is 0 Å². The maximum Gasteiger partial charge on any atom is 0.264 e. The summed E-state index contributed by atoms with van der Waals surface area (Å²) in [5, 5.41) is 3.85. The zero-order chi connectivity index (χ0) is 29.6. The van der Waals surface area contributed by atoms with Crippen LogP contribution in [0.1, 0.15) is 32.8 Å². The fraction of sp³-hybridized carbons (Fsp3) is 0.286. The number of hydrogen-bond acceptors (Lipinski definition) is 4. The lowest BCUT2D eigenvalue weighted by Gasteiger charge is -2.32. The number of hydrogen-bond donors (Lipinski definition) is 1. The van der Waals surface area contributed by atoms with E-state index in [1.807, 2.05) is 13.8 Å². The van der Waals surface area contributed by atoms with E-state index in [2.05, 4.69) is 5.32 Å². The lowest BCUT2D eigenvalue weighted by Crippen LogP contribution is -2.52. The summed E-state index contributed by atoms with van der Waals surface area (Å²) in [4.78, 5) is 28.3. The third-order valence-electron chi connectivity index (χ3n) is 6.31. The average Bonchev–Trinajstić information content (AvgIpc) is 2.93. The van der Waals surface area contributed by atoms with Crippen molar-refractivity contribution in [2.24, 2.45) is 0 Å². The van der Waals surface area contributed by atoms with Crippen molar-refractivity contribution < 1.29 is 18.0 Å². The highest BCUT2D eigenvalue weighted by Gasteiger charge is 2.33. The molecule has 3 aromatic carbocycles. The number of amides is 2. The summed E-state index contributed by atoms with van der Waals surface area (Å²) in [6.07, 6.45) is 0.694. The number of carbonyl (C=O) groups is 2. The van der Waals surface area contributed by atoms with Crippen LogP contribution >= 0.6 is 46.4 Å². The van der Waals surface area contributed by atoms with E-state index in [1.54, 1.807) is 43.3 Å². The zero-order valence-corrected chi connectivity index (χ0v) is 25.9. The molecule has 0 spiro atoms. The summed E-state index contributed by atoms with van der Waals surface area (Å²) in [7, 11) is -4.22. The van der Waals surface area contributed by atoms with E-state index < -0.39 is 28.5 Å². The molecule has 0 fully saturated rings. The van der Waals surface area contributed by atoms with Crippen LogP contribution in [-0.4, -0.2) is 43.8 Å². The predicted molar refractivity (Wildman–Crippen MR) is 162 cm³/mol. The average molecular weight is 645 g/mol. The number of benzene rings is 3. The Morgan fingerprint density at radius 3 is 2.02 bits per heavy atom. The summed E-state index contributed by atoms with van der Waals surface area (Å²) in [5.74, 6) is -1.00. The van der Waals surface area contributed by atoms with Crippen LogP contribution in [0.4, 0.5) is 5.69 Å². The first-order valence-corrected chi connectivity index (χ1v) is 15.4. The molecule has 0 radical (unpaired) electrons. The van der Waals surface area contributed by atoms with Gasteiger partial charge in [0.2, 0.25) is 11.8 Å². The molecule has 0 saturated carbocycles.